The molecule has 0 saturated carbocycles. The van der Waals surface area contributed by atoms with Crippen LogP contribution in [0.1, 0.15) is 12.5 Å². The van der Waals surface area contributed by atoms with Gasteiger partial charge in [-0.25, -0.2) is 0 Å². The van der Waals surface area contributed by atoms with Crippen LogP contribution in [-0.2, 0) is 6.42 Å². The fourth-order valence-corrected chi connectivity index (χ4v) is 2.93. The summed E-state index contributed by atoms with van der Waals surface area (Å²) in [6.45, 7) is 2.03. The second kappa shape index (κ2) is 5.27. The summed E-state index contributed by atoms with van der Waals surface area (Å²) in [4.78, 5) is 19.0. The van der Waals surface area contributed by atoms with Gasteiger partial charge < -0.3 is 9.59 Å². The lowest BCUT2D eigenvalue weighted by Crippen LogP contribution is -2.33. The summed E-state index contributed by atoms with van der Waals surface area (Å²) in [7, 11) is -2.74. The van der Waals surface area contributed by atoms with Gasteiger partial charge in [-0.1, -0.05) is 55.5 Å². The van der Waals surface area contributed by atoms with Crippen LogP contribution in [0.25, 0.3) is 11.1 Å². The zero-order chi connectivity index (χ0) is 12.3. The zero-order valence-corrected chi connectivity index (χ0v) is 11.0. The summed E-state index contributed by atoms with van der Waals surface area (Å²) >= 11 is 0. The molecule has 0 aliphatic carbocycles. The van der Waals surface area contributed by atoms with Gasteiger partial charge in [-0.15, -0.1) is 0 Å². The zero-order valence-electron chi connectivity index (χ0n) is 9.80. The van der Waals surface area contributed by atoms with Gasteiger partial charge in [-0.05, 0) is 28.3 Å². The third-order valence-corrected chi connectivity index (χ3v) is 4.01. The molecule has 2 N–H and O–H groups in total. The van der Waals surface area contributed by atoms with Crippen molar-refractivity contribution in [1.29, 1.82) is 0 Å². The van der Waals surface area contributed by atoms with E-state index in [0.717, 1.165) is 28.3 Å². The minimum Gasteiger partial charge on any atom is -0.410 e. The van der Waals surface area contributed by atoms with E-state index in [2.05, 4.69) is 0 Å². The van der Waals surface area contributed by atoms with Crippen molar-refractivity contribution in [3.63, 3.8) is 0 Å². The van der Waals surface area contributed by atoms with E-state index in [-0.39, 0.29) is 0 Å². The minimum atomic E-state index is -2.74. The standard InChI is InChI=1S/C14H16O2Si/c1-2-11-8-9-13(10-14(11)17(15)16)12-6-4-3-5-7-12/h3-10,15-17H,2H2,1H3. The Balaban J connectivity index is 2.48. The summed E-state index contributed by atoms with van der Waals surface area (Å²) in [6, 6.07) is 15.9. The topological polar surface area (TPSA) is 40.5 Å². The molecular formula is C14H16O2Si. The van der Waals surface area contributed by atoms with Crippen LogP contribution in [0.4, 0.5) is 0 Å². The van der Waals surface area contributed by atoms with Crippen molar-refractivity contribution in [1.82, 2.24) is 0 Å². The van der Waals surface area contributed by atoms with Crippen molar-refractivity contribution < 1.29 is 9.59 Å². The van der Waals surface area contributed by atoms with Crippen molar-refractivity contribution in [2.45, 2.75) is 13.3 Å². The SMILES string of the molecule is CCc1ccc(-c2ccccc2)cc1[SiH](O)O. The number of benzene rings is 2. The molecule has 0 radical (unpaired) electrons. The first-order valence-electron chi connectivity index (χ1n) is 5.76. The van der Waals surface area contributed by atoms with Crippen LogP contribution in [-0.4, -0.2) is 18.9 Å². The number of hydrogen-bond donors (Lipinski definition) is 2. The third kappa shape index (κ3) is 2.64. The highest BCUT2D eigenvalue weighted by molar-refractivity contribution is 6.59. The van der Waals surface area contributed by atoms with Gasteiger partial charge in [0, 0.05) is 0 Å². The van der Waals surface area contributed by atoms with Crippen LogP contribution in [0.2, 0.25) is 0 Å². The van der Waals surface area contributed by atoms with Crippen LogP contribution >= 0.6 is 0 Å². The van der Waals surface area contributed by atoms with Crippen LogP contribution in [0.15, 0.2) is 48.5 Å². The van der Waals surface area contributed by atoms with Crippen LogP contribution in [0.5, 0.6) is 0 Å². The molecule has 0 fully saturated rings. The van der Waals surface area contributed by atoms with Gasteiger partial charge in [0.1, 0.15) is 0 Å². The van der Waals surface area contributed by atoms with E-state index in [1.54, 1.807) is 0 Å². The van der Waals surface area contributed by atoms with Gasteiger partial charge in [0.2, 0.25) is 0 Å². The number of hydrogen-bond acceptors (Lipinski definition) is 2. The first-order valence-corrected chi connectivity index (χ1v) is 7.37. The molecule has 2 nitrogen and oxygen atoms in total. The van der Waals surface area contributed by atoms with Crippen molar-refractivity contribution >= 4 is 14.5 Å². The molecule has 0 saturated heterocycles. The number of rotatable bonds is 3. The molecule has 0 atom stereocenters. The van der Waals surface area contributed by atoms with Gasteiger partial charge in [0.25, 0.3) is 0 Å². The first-order chi connectivity index (χ1) is 8.22. The highest BCUT2D eigenvalue weighted by atomic mass is 28.3. The Morgan fingerprint density at radius 3 is 2.24 bits per heavy atom. The normalized spacial score (nSPS) is 10.8. The second-order valence-corrected chi connectivity index (χ2v) is 5.38. The maximum Gasteiger partial charge on any atom is 0.350 e. The van der Waals surface area contributed by atoms with Gasteiger partial charge in [0.15, 0.2) is 0 Å². The van der Waals surface area contributed by atoms with Crippen molar-refractivity contribution in [3.05, 3.63) is 54.1 Å². The molecular weight excluding hydrogens is 228 g/mol. The summed E-state index contributed by atoms with van der Waals surface area (Å²) in [5.41, 5.74) is 3.18. The maximum absolute atomic E-state index is 9.50. The molecule has 0 aliphatic heterocycles. The molecule has 2 rings (SSSR count). The first kappa shape index (κ1) is 12.0. The Morgan fingerprint density at radius 1 is 0.941 bits per heavy atom. The summed E-state index contributed by atoms with van der Waals surface area (Å²) < 4.78 is 0. The van der Waals surface area contributed by atoms with E-state index in [1.165, 1.54) is 0 Å². The molecule has 0 heterocycles. The van der Waals surface area contributed by atoms with Gasteiger partial charge in [-0.3, -0.25) is 0 Å². The summed E-state index contributed by atoms with van der Waals surface area (Å²) in [5.74, 6) is 0. The lowest BCUT2D eigenvalue weighted by atomic mass is 10.0. The fraction of sp³-hybridized carbons (Fsp3) is 0.143. The molecule has 0 aliphatic rings. The van der Waals surface area contributed by atoms with E-state index in [4.69, 9.17) is 0 Å². The lowest BCUT2D eigenvalue weighted by Gasteiger charge is -2.11. The van der Waals surface area contributed by atoms with E-state index < -0.39 is 9.28 Å². The largest absolute Gasteiger partial charge is 0.410 e. The van der Waals surface area contributed by atoms with Gasteiger partial charge in [-0.2, -0.15) is 0 Å². The van der Waals surface area contributed by atoms with Crippen molar-refractivity contribution in [2.75, 3.05) is 0 Å². The lowest BCUT2D eigenvalue weighted by molar-refractivity contribution is 0.425. The van der Waals surface area contributed by atoms with Crippen molar-refractivity contribution in [2.24, 2.45) is 0 Å². The summed E-state index contributed by atoms with van der Waals surface area (Å²) in [5, 5.41) is 0.730. The molecule has 2 aromatic carbocycles. The average Bonchev–Trinajstić information content (AvgIpc) is 2.39. The monoisotopic (exact) mass is 244 g/mol. The Hall–Kier alpha value is -1.42. The van der Waals surface area contributed by atoms with Gasteiger partial charge in [0.05, 0.1) is 0 Å². The predicted molar refractivity (Wildman–Crippen MR) is 72.5 cm³/mol. The highest BCUT2D eigenvalue weighted by Crippen LogP contribution is 2.18. The van der Waals surface area contributed by atoms with E-state index in [1.807, 2.05) is 55.5 Å². The Bertz CT molecular complexity index is 495. The maximum atomic E-state index is 9.50. The molecule has 88 valence electrons. The Labute approximate surface area is 103 Å². The molecule has 0 amide bonds. The average molecular weight is 244 g/mol. The summed E-state index contributed by atoms with van der Waals surface area (Å²) in [6.07, 6.45) is 0.828. The quantitative estimate of drug-likeness (QED) is 0.800. The van der Waals surface area contributed by atoms with Crippen LogP contribution in [0, 0.1) is 0 Å². The number of aryl methyl sites for hydroxylation is 1. The predicted octanol–water partition coefficient (Wildman–Crippen LogP) is 1.33. The molecule has 3 heteroatoms. The van der Waals surface area contributed by atoms with E-state index >= 15 is 0 Å². The molecule has 2 aromatic rings. The van der Waals surface area contributed by atoms with Crippen LogP contribution < -0.4 is 5.19 Å². The molecule has 0 spiro atoms. The van der Waals surface area contributed by atoms with E-state index in [9.17, 15) is 9.59 Å². The highest BCUT2D eigenvalue weighted by Gasteiger charge is 2.12. The van der Waals surface area contributed by atoms with Crippen LogP contribution in [0.3, 0.4) is 0 Å². The molecule has 0 aromatic heterocycles. The third-order valence-electron chi connectivity index (χ3n) is 2.91. The minimum absolute atomic E-state index is 0.730. The van der Waals surface area contributed by atoms with Crippen molar-refractivity contribution in [3.8, 4) is 11.1 Å². The fourth-order valence-electron chi connectivity index (χ4n) is 1.97. The Morgan fingerprint density at radius 2 is 1.65 bits per heavy atom. The van der Waals surface area contributed by atoms with E-state index in [0.29, 0.717) is 0 Å². The molecule has 0 bridgehead atoms. The molecule has 0 unspecified atom stereocenters. The van der Waals surface area contributed by atoms with Gasteiger partial charge >= 0.3 is 9.28 Å². The molecule has 17 heavy (non-hydrogen) atoms. The Kier molecular flexibility index (Phi) is 3.74. The second-order valence-electron chi connectivity index (χ2n) is 4.01. The smallest absolute Gasteiger partial charge is 0.350 e.